The van der Waals surface area contributed by atoms with Gasteiger partial charge in [0, 0.05) is 6.54 Å². The molecular formula is C21H32N6O4. The Labute approximate surface area is 181 Å². The number of hydrogen-bond donors (Lipinski definition) is 5. The molecule has 0 saturated carbocycles. The lowest BCUT2D eigenvalue weighted by Crippen LogP contribution is -2.59. The van der Waals surface area contributed by atoms with E-state index in [-0.39, 0.29) is 31.8 Å². The van der Waals surface area contributed by atoms with Crippen LogP contribution in [0.3, 0.4) is 0 Å². The minimum Gasteiger partial charge on any atom is -0.480 e. The van der Waals surface area contributed by atoms with Gasteiger partial charge in [-0.3, -0.25) is 19.5 Å². The summed E-state index contributed by atoms with van der Waals surface area (Å²) in [5.41, 5.74) is 17.6. The molecule has 0 bridgehead atoms. The molecule has 1 saturated heterocycles. The number of carbonyl (C=O) groups is 3. The summed E-state index contributed by atoms with van der Waals surface area (Å²) < 4.78 is 0. The van der Waals surface area contributed by atoms with Crippen LogP contribution in [-0.4, -0.2) is 65.0 Å². The molecule has 3 atom stereocenters. The predicted molar refractivity (Wildman–Crippen MR) is 117 cm³/mol. The molecule has 1 aromatic carbocycles. The molecule has 1 aliphatic rings. The number of carboxylic acid groups (broad SMARTS) is 1. The average molecular weight is 433 g/mol. The van der Waals surface area contributed by atoms with Crippen molar-refractivity contribution in [1.29, 1.82) is 0 Å². The third-order valence-electron chi connectivity index (χ3n) is 5.23. The Bertz CT molecular complexity index is 775. The number of carbonyl (C=O) groups excluding carboxylic acids is 2. The fourth-order valence-corrected chi connectivity index (χ4v) is 3.64. The molecule has 1 fully saturated rings. The molecule has 170 valence electrons. The Morgan fingerprint density at radius 2 is 1.90 bits per heavy atom. The summed E-state index contributed by atoms with van der Waals surface area (Å²) in [5.74, 6) is -2.63. The van der Waals surface area contributed by atoms with E-state index in [1.54, 1.807) is 0 Å². The van der Waals surface area contributed by atoms with E-state index in [4.69, 9.17) is 17.2 Å². The van der Waals surface area contributed by atoms with Gasteiger partial charge in [0.05, 0.1) is 12.1 Å². The van der Waals surface area contributed by atoms with Crippen LogP contribution in [0.25, 0.3) is 0 Å². The second kappa shape index (κ2) is 12.0. The number of rotatable bonds is 10. The first kappa shape index (κ1) is 24.3. The van der Waals surface area contributed by atoms with Crippen molar-refractivity contribution in [2.45, 2.75) is 56.7 Å². The highest BCUT2D eigenvalue weighted by Crippen LogP contribution is 2.17. The Kier molecular flexibility index (Phi) is 9.41. The van der Waals surface area contributed by atoms with Crippen molar-refractivity contribution < 1.29 is 19.5 Å². The monoisotopic (exact) mass is 432 g/mol. The van der Waals surface area contributed by atoms with E-state index < -0.39 is 35.9 Å². The first-order valence-electron chi connectivity index (χ1n) is 10.5. The van der Waals surface area contributed by atoms with Crippen LogP contribution < -0.4 is 22.5 Å². The normalized spacial score (nSPS) is 17.9. The zero-order valence-electron chi connectivity index (χ0n) is 17.6. The van der Waals surface area contributed by atoms with Crippen LogP contribution in [0.1, 0.15) is 37.7 Å². The maximum atomic E-state index is 13.2. The van der Waals surface area contributed by atoms with Gasteiger partial charge in [0.1, 0.15) is 6.04 Å². The molecule has 10 nitrogen and oxygen atoms in total. The minimum atomic E-state index is -1.35. The van der Waals surface area contributed by atoms with Gasteiger partial charge >= 0.3 is 5.97 Å². The molecule has 0 spiro atoms. The Balaban J connectivity index is 2.23. The predicted octanol–water partition coefficient (Wildman–Crippen LogP) is -0.439. The smallest absolute Gasteiger partial charge is 0.326 e. The lowest BCUT2D eigenvalue weighted by molar-refractivity contribution is -0.160. The molecule has 31 heavy (non-hydrogen) atoms. The van der Waals surface area contributed by atoms with Gasteiger partial charge in [0.2, 0.25) is 11.8 Å². The number of guanidine groups is 1. The van der Waals surface area contributed by atoms with Crippen LogP contribution in [-0.2, 0) is 20.8 Å². The zero-order valence-corrected chi connectivity index (χ0v) is 17.6. The highest BCUT2D eigenvalue weighted by molar-refractivity contribution is 6.03. The lowest BCUT2D eigenvalue weighted by Gasteiger charge is -2.34. The number of aliphatic imine (C=N–C) groups is 1. The third kappa shape index (κ3) is 7.34. The molecule has 0 radical (unpaired) electrons. The zero-order chi connectivity index (χ0) is 22.8. The second-order valence-corrected chi connectivity index (χ2v) is 7.65. The summed E-state index contributed by atoms with van der Waals surface area (Å²) >= 11 is 0. The van der Waals surface area contributed by atoms with E-state index in [1.165, 1.54) is 0 Å². The number of benzene rings is 1. The van der Waals surface area contributed by atoms with Gasteiger partial charge in [0.25, 0.3) is 0 Å². The molecule has 8 N–H and O–H groups in total. The molecule has 1 heterocycles. The number of nitrogens with two attached hydrogens (primary N) is 3. The van der Waals surface area contributed by atoms with Crippen molar-refractivity contribution >= 4 is 23.7 Å². The number of piperidine rings is 1. The van der Waals surface area contributed by atoms with Gasteiger partial charge < -0.3 is 27.6 Å². The highest BCUT2D eigenvalue weighted by Gasteiger charge is 2.40. The standard InChI is InChI=1S/C21H32N6O4/c22-15(13-14-7-2-1-3-8-14)18(28)27(19(29)16-9-4-5-11-25-16)17(20(30)31)10-6-12-26-21(23)24/h1-3,7-8,15-17,25H,4-6,9-13,22H2,(H,30,31)(H4,23,24,26)/t15-,16?,17+/m1/s1. The summed E-state index contributed by atoms with van der Waals surface area (Å²) in [6.07, 6.45) is 2.79. The van der Waals surface area contributed by atoms with Gasteiger partial charge in [-0.05, 0) is 44.2 Å². The average Bonchev–Trinajstić information content (AvgIpc) is 2.76. The van der Waals surface area contributed by atoms with Crippen molar-refractivity contribution in [2.24, 2.45) is 22.2 Å². The largest absolute Gasteiger partial charge is 0.480 e. The number of imide groups is 1. The molecule has 0 aromatic heterocycles. The second-order valence-electron chi connectivity index (χ2n) is 7.65. The van der Waals surface area contributed by atoms with Gasteiger partial charge in [-0.15, -0.1) is 0 Å². The Morgan fingerprint density at radius 1 is 1.19 bits per heavy atom. The van der Waals surface area contributed by atoms with Crippen LogP contribution >= 0.6 is 0 Å². The van der Waals surface area contributed by atoms with Crippen LogP contribution in [0.5, 0.6) is 0 Å². The summed E-state index contributed by atoms with van der Waals surface area (Å²) in [4.78, 5) is 43.2. The maximum absolute atomic E-state index is 13.2. The SMILES string of the molecule is NC(N)=NCCC[C@@H](C(=O)O)N(C(=O)C1CCCCN1)C(=O)[C@H](N)Cc1ccccc1. The number of nitrogens with one attached hydrogen (secondary N) is 1. The summed E-state index contributed by atoms with van der Waals surface area (Å²) in [6.45, 7) is 0.830. The Hall–Kier alpha value is -2.98. The molecule has 1 aromatic rings. The van der Waals surface area contributed by atoms with Crippen LogP contribution in [0.15, 0.2) is 35.3 Å². The van der Waals surface area contributed by atoms with Gasteiger partial charge in [0.15, 0.2) is 5.96 Å². The van der Waals surface area contributed by atoms with Gasteiger partial charge in [-0.2, -0.15) is 0 Å². The molecule has 1 unspecified atom stereocenters. The van der Waals surface area contributed by atoms with E-state index in [2.05, 4.69) is 10.3 Å². The van der Waals surface area contributed by atoms with Crippen molar-refractivity contribution in [3.05, 3.63) is 35.9 Å². The van der Waals surface area contributed by atoms with Crippen molar-refractivity contribution in [2.75, 3.05) is 13.1 Å². The highest BCUT2D eigenvalue weighted by atomic mass is 16.4. The number of hydrogen-bond acceptors (Lipinski definition) is 6. The first-order valence-corrected chi connectivity index (χ1v) is 10.5. The van der Waals surface area contributed by atoms with E-state index in [1.807, 2.05) is 30.3 Å². The fraction of sp³-hybridized carbons (Fsp3) is 0.524. The van der Waals surface area contributed by atoms with E-state index in [0.29, 0.717) is 13.0 Å². The van der Waals surface area contributed by atoms with Crippen molar-refractivity contribution in [3.63, 3.8) is 0 Å². The Morgan fingerprint density at radius 3 is 2.48 bits per heavy atom. The summed E-state index contributed by atoms with van der Waals surface area (Å²) in [6, 6.07) is 6.14. The number of nitrogens with zero attached hydrogens (tertiary/aromatic N) is 2. The molecular weight excluding hydrogens is 400 g/mol. The van der Waals surface area contributed by atoms with Crippen LogP contribution in [0.4, 0.5) is 0 Å². The van der Waals surface area contributed by atoms with E-state index >= 15 is 0 Å². The molecule has 1 aliphatic heterocycles. The minimum absolute atomic E-state index is 0.0222. The van der Waals surface area contributed by atoms with E-state index in [0.717, 1.165) is 23.3 Å². The van der Waals surface area contributed by atoms with Crippen molar-refractivity contribution in [1.82, 2.24) is 10.2 Å². The van der Waals surface area contributed by atoms with E-state index in [9.17, 15) is 19.5 Å². The maximum Gasteiger partial charge on any atom is 0.326 e. The summed E-state index contributed by atoms with van der Waals surface area (Å²) in [7, 11) is 0. The van der Waals surface area contributed by atoms with Gasteiger partial charge in [-0.1, -0.05) is 36.8 Å². The molecule has 2 rings (SSSR count). The third-order valence-corrected chi connectivity index (χ3v) is 5.23. The number of aliphatic carboxylic acids is 1. The first-order chi connectivity index (χ1) is 14.8. The number of amides is 2. The van der Waals surface area contributed by atoms with Crippen LogP contribution in [0.2, 0.25) is 0 Å². The molecule has 2 amide bonds. The lowest BCUT2D eigenvalue weighted by atomic mass is 9.99. The quantitative estimate of drug-likeness (QED) is 0.188. The molecule has 10 heteroatoms. The number of carboxylic acids is 1. The van der Waals surface area contributed by atoms with Gasteiger partial charge in [-0.25, -0.2) is 4.79 Å². The fourth-order valence-electron chi connectivity index (χ4n) is 3.64. The van der Waals surface area contributed by atoms with Crippen molar-refractivity contribution in [3.8, 4) is 0 Å². The van der Waals surface area contributed by atoms with Crippen LogP contribution in [0, 0.1) is 0 Å². The summed E-state index contributed by atoms with van der Waals surface area (Å²) in [5, 5.41) is 12.9. The topological polar surface area (TPSA) is 177 Å². The molecule has 0 aliphatic carbocycles.